The highest BCUT2D eigenvalue weighted by molar-refractivity contribution is 6.01. The predicted molar refractivity (Wildman–Crippen MR) is 74.9 cm³/mol. The third-order valence-corrected chi connectivity index (χ3v) is 3.49. The number of nitrogens with zero attached hydrogens (tertiary/aromatic N) is 1. The molecule has 2 amide bonds. The van der Waals surface area contributed by atoms with Crippen molar-refractivity contribution in [3.63, 3.8) is 0 Å². The van der Waals surface area contributed by atoms with Crippen molar-refractivity contribution in [3.05, 3.63) is 29.6 Å². The minimum Gasteiger partial charge on any atom is -0.344 e. The second kappa shape index (κ2) is 6.03. The van der Waals surface area contributed by atoms with Crippen molar-refractivity contribution < 1.29 is 14.0 Å². The number of carbonyl (C=O) groups is 2. The Labute approximate surface area is 118 Å². The number of benzene rings is 1. The first-order valence-corrected chi connectivity index (χ1v) is 6.89. The summed E-state index contributed by atoms with van der Waals surface area (Å²) in [5.74, 6) is -0.530. The molecule has 1 aliphatic heterocycles. The molecule has 1 fully saturated rings. The minimum atomic E-state index is -0.486. The summed E-state index contributed by atoms with van der Waals surface area (Å²) in [6.07, 6.45) is 1.69. The van der Waals surface area contributed by atoms with E-state index in [9.17, 15) is 14.0 Å². The van der Waals surface area contributed by atoms with E-state index in [1.807, 2.05) is 6.92 Å². The van der Waals surface area contributed by atoms with Crippen LogP contribution in [0.25, 0.3) is 0 Å². The number of anilines is 1. The summed E-state index contributed by atoms with van der Waals surface area (Å²) in [5.41, 5.74) is 1.14. The summed E-state index contributed by atoms with van der Waals surface area (Å²) in [4.78, 5) is 25.7. The number of amides is 2. The minimum absolute atomic E-state index is 0.113. The van der Waals surface area contributed by atoms with Crippen LogP contribution in [-0.2, 0) is 9.59 Å². The molecule has 5 heteroatoms. The summed E-state index contributed by atoms with van der Waals surface area (Å²) in [5, 5.41) is 2.75. The van der Waals surface area contributed by atoms with Gasteiger partial charge in [0.2, 0.25) is 11.8 Å². The molecule has 0 aliphatic carbocycles. The second-order valence-electron chi connectivity index (χ2n) is 5.08. The quantitative estimate of drug-likeness (QED) is 0.921. The normalized spacial score (nSPS) is 19.8. The van der Waals surface area contributed by atoms with Gasteiger partial charge in [0.05, 0.1) is 0 Å². The van der Waals surface area contributed by atoms with E-state index in [1.165, 1.54) is 6.07 Å². The third kappa shape index (κ3) is 2.98. The van der Waals surface area contributed by atoms with Gasteiger partial charge in [0.1, 0.15) is 11.9 Å². The Balaban J connectivity index is 2.30. The van der Waals surface area contributed by atoms with Crippen LogP contribution < -0.4 is 10.2 Å². The smallest absolute Gasteiger partial charge is 0.249 e. The molecule has 0 saturated carbocycles. The van der Waals surface area contributed by atoms with Crippen molar-refractivity contribution >= 4 is 17.5 Å². The standard InChI is InChI=1S/C15H19FN2O2/c1-3-4-13-15(20)18(8-7-14(19)17-13)11-5-6-12(16)10(2)9-11/h5-6,9,13H,3-4,7-8H2,1-2H3,(H,17,19). The topological polar surface area (TPSA) is 49.4 Å². The first-order valence-electron chi connectivity index (χ1n) is 6.89. The van der Waals surface area contributed by atoms with Gasteiger partial charge in [-0.1, -0.05) is 13.3 Å². The molecule has 0 bridgehead atoms. The van der Waals surface area contributed by atoms with Crippen molar-refractivity contribution in [1.82, 2.24) is 5.32 Å². The molecular weight excluding hydrogens is 259 g/mol. The van der Waals surface area contributed by atoms with Gasteiger partial charge in [-0.15, -0.1) is 0 Å². The summed E-state index contributed by atoms with van der Waals surface area (Å²) >= 11 is 0. The first kappa shape index (κ1) is 14.5. The van der Waals surface area contributed by atoms with Gasteiger partial charge < -0.3 is 10.2 Å². The van der Waals surface area contributed by atoms with Gasteiger partial charge in [0, 0.05) is 18.7 Å². The Morgan fingerprint density at radius 3 is 2.80 bits per heavy atom. The highest BCUT2D eigenvalue weighted by Gasteiger charge is 2.30. The lowest BCUT2D eigenvalue weighted by molar-refractivity contribution is -0.125. The van der Waals surface area contributed by atoms with Gasteiger partial charge in [-0.25, -0.2) is 4.39 Å². The Morgan fingerprint density at radius 1 is 1.40 bits per heavy atom. The maximum atomic E-state index is 13.3. The fourth-order valence-electron chi connectivity index (χ4n) is 2.38. The number of nitrogens with one attached hydrogen (secondary N) is 1. The van der Waals surface area contributed by atoms with Crippen molar-refractivity contribution in [1.29, 1.82) is 0 Å². The molecule has 1 saturated heterocycles. The molecule has 1 aliphatic rings. The lowest BCUT2D eigenvalue weighted by Crippen LogP contribution is -2.44. The molecule has 20 heavy (non-hydrogen) atoms. The largest absolute Gasteiger partial charge is 0.344 e. The number of halogens is 1. The SMILES string of the molecule is CCCC1NC(=O)CCN(c2ccc(F)c(C)c2)C1=O. The zero-order valence-electron chi connectivity index (χ0n) is 11.8. The van der Waals surface area contributed by atoms with Crippen LogP contribution in [0.4, 0.5) is 10.1 Å². The maximum Gasteiger partial charge on any atom is 0.249 e. The van der Waals surface area contributed by atoms with Crippen LogP contribution in [0.3, 0.4) is 0 Å². The lowest BCUT2D eigenvalue weighted by atomic mass is 10.1. The monoisotopic (exact) mass is 278 g/mol. The fraction of sp³-hybridized carbons (Fsp3) is 0.467. The summed E-state index contributed by atoms with van der Waals surface area (Å²) in [6, 6.07) is 4.10. The molecule has 4 nitrogen and oxygen atoms in total. The van der Waals surface area contributed by atoms with Gasteiger partial charge in [0.25, 0.3) is 0 Å². The average Bonchev–Trinajstić information content (AvgIpc) is 2.54. The number of hydrogen-bond donors (Lipinski definition) is 1. The van der Waals surface area contributed by atoms with Crippen molar-refractivity contribution in [3.8, 4) is 0 Å². The van der Waals surface area contributed by atoms with Gasteiger partial charge >= 0.3 is 0 Å². The fourth-order valence-corrected chi connectivity index (χ4v) is 2.38. The van der Waals surface area contributed by atoms with Crippen LogP contribution in [0.1, 0.15) is 31.7 Å². The van der Waals surface area contributed by atoms with E-state index in [0.717, 1.165) is 6.42 Å². The Morgan fingerprint density at radius 2 is 2.15 bits per heavy atom. The molecule has 0 aromatic heterocycles. The molecule has 0 radical (unpaired) electrons. The molecule has 108 valence electrons. The van der Waals surface area contributed by atoms with E-state index >= 15 is 0 Å². The van der Waals surface area contributed by atoms with E-state index in [1.54, 1.807) is 24.0 Å². The van der Waals surface area contributed by atoms with Crippen LogP contribution in [0, 0.1) is 12.7 Å². The van der Waals surface area contributed by atoms with Gasteiger partial charge in [-0.05, 0) is 37.1 Å². The molecule has 1 heterocycles. The number of aryl methyl sites for hydroxylation is 1. The Hall–Kier alpha value is -1.91. The number of carbonyl (C=O) groups excluding carboxylic acids is 2. The van der Waals surface area contributed by atoms with Gasteiger partial charge in [0.15, 0.2) is 0 Å². The van der Waals surface area contributed by atoms with E-state index in [-0.39, 0.29) is 24.1 Å². The van der Waals surface area contributed by atoms with E-state index in [4.69, 9.17) is 0 Å². The van der Waals surface area contributed by atoms with Crippen LogP contribution in [0.2, 0.25) is 0 Å². The molecule has 0 spiro atoms. The van der Waals surface area contributed by atoms with E-state index in [0.29, 0.717) is 24.2 Å². The third-order valence-electron chi connectivity index (χ3n) is 3.49. The molecule has 1 aromatic carbocycles. The van der Waals surface area contributed by atoms with Crippen LogP contribution >= 0.6 is 0 Å². The van der Waals surface area contributed by atoms with Gasteiger partial charge in [-0.3, -0.25) is 9.59 Å². The molecular formula is C15H19FN2O2. The molecule has 1 aromatic rings. The Kier molecular flexibility index (Phi) is 4.37. The van der Waals surface area contributed by atoms with Crippen molar-refractivity contribution in [2.75, 3.05) is 11.4 Å². The highest BCUT2D eigenvalue weighted by atomic mass is 19.1. The molecule has 1 N–H and O–H groups in total. The molecule has 1 atom stereocenters. The average molecular weight is 278 g/mol. The first-order chi connectivity index (χ1) is 9.52. The Bertz CT molecular complexity index is 531. The highest BCUT2D eigenvalue weighted by Crippen LogP contribution is 2.21. The van der Waals surface area contributed by atoms with E-state index < -0.39 is 6.04 Å². The zero-order valence-corrected chi connectivity index (χ0v) is 11.8. The molecule has 1 unspecified atom stereocenters. The van der Waals surface area contributed by atoms with Crippen molar-refractivity contribution in [2.24, 2.45) is 0 Å². The summed E-state index contributed by atoms with van der Waals surface area (Å²) in [6.45, 7) is 3.96. The predicted octanol–water partition coefficient (Wildman–Crippen LogP) is 2.16. The lowest BCUT2D eigenvalue weighted by Gasteiger charge is -2.24. The van der Waals surface area contributed by atoms with Crippen LogP contribution in [0.5, 0.6) is 0 Å². The maximum absolute atomic E-state index is 13.3. The summed E-state index contributed by atoms with van der Waals surface area (Å²) < 4.78 is 13.3. The van der Waals surface area contributed by atoms with Gasteiger partial charge in [-0.2, -0.15) is 0 Å². The van der Waals surface area contributed by atoms with Crippen molar-refractivity contribution in [2.45, 2.75) is 39.2 Å². The summed E-state index contributed by atoms with van der Waals surface area (Å²) in [7, 11) is 0. The number of rotatable bonds is 3. The van der Waals surface area contributed by atoms with Crippen LogP contribution in [0.15, 0.2) is 18.2 Å². The second-order valence-corrected chi connectivity index (χ2v) is 5.08. The zero-order chi connectivity index (χ0) is 14.7. The number of hydrogen-bond acceptors (Lipinski definition) is 2. The van der Waals surface area contributed by atoms with E-state index in [2.05, 4.69) is 5.32 Å². The molecule has 2 rings (SSSR count). The van der Waals surface area contributed by atoms with Crippen LogP contribution in [-0.4, -0.2) is 24.4 Å².